The molecule has 138 valence electrons. The normalized spacial score (nSPS) is 13.3. The summed E-state index contributed by atoms with van der Waals surface area (Å²) in [7, 11) is 0. The summed E-state index contributed by atoms with van der Waals surface area (Å²) in [5.41, 5.74) is 2.00. The molecule has 0 saturated carbocycles. The predicted molar refractivity (Wildman–Crippen MR) is 109 cm³/mol. The van der Waals surface area contributed by atoms with Crippen LogP contribution in [0.2, 0.25) is 0 Å². The van der Waals surface area contributed by atoms with Crippen molar-refractivity contribution in [2.24, 2.45) is 5.92 Å². The second kappa shape index (κ2) is 7.85. The number of para-hydroxylation sites is 3. The van der Waals surface area contributed by atoms with E-state index >= 15 is 0 Å². The molecule has 3 rings (SSSR count). The van der Waals surface area contributed by atoms with E-state index in [1.165, 1.54) is 11.8 Å². The Kier molecular flexibility index (Phi) is 5.52. The summed E-state index contributed by atoms with van der Waals surface area (Å²) >= 11 is 1.37. The van der Waals surface area contributed by atoms with E-state index in [1.54, 1.807) is 6.92 Å². The molecule has 1 heterocycles. The molecule has 27 heavy (non-hydrogen) atoms. The molecule has 0 aliphatic heterocycles. The van der Waals surface area contributed by atoms with Gasteiger partial charge in [-0.3, -0.25) is 9.36 Å². The molecular formula is C21H22N4OS. The number of thioether (sulfide) groups is 1. The molecule has 1 atom stereocenters. The first kappa shape index (κ1) is 19.0. The van der Waals surface area contributed by atoms with Crippen molar-refractivity contribution in [2.45, 2.75) is 31.5 Å². The van der Waals surface area contributed by atoms with E-state index in [9.17, 15) is 10.1 Å². The van der Waals surface area contributed by atoms with Gasteiger partial charge in [0.25, 0.3) is 0 Å². The minimum absolute atomic E-state index is 0.0188. The maximum atomic E-state index is 12.4. The predicted octanol–water partition coefficient (Wildman–Crippen LogP) is 4.17. The fourth-order valence-corrected chi connectivity index (χ4v) is 3.51. The van der Waals surface area contributed by atoms with E-state index in [2.05, 4.69) is 16.0 Å². The summed E-state index contributed by atoms with van der Waals surface area (Å²) < 4.78 is 2.05. The van der Waals surface area contributed by atoms with E-state index in [4.69, 9.17) is 4.98 Å². The third-order valence-electron chi connectivity index (χ3n) is 4.66. The largest absolute Gasteiger partial charge is 0.337 e. The highest BCUT2D eigenvalue weighted by Gasteiger charge is 2.30. The van der Waals surface area contributed by atoms with Gasteiger partial charge in [-0.2, -0.15) is 5.26 Å². The van der Waals surface area contributed by atoms with Crippen LogP contribution in [0.3, 0.4) is 0 Å². The number of rotatable bonds is 6. The third kappa shape index (κ3) is 3.99. The molecule has 1 N–H and O–H groups in total. The number of fused-ring (bicyclic) bond motifs is 1. The van der Waals surface area contributed by atoms with Crippen LogP contribution in [0.5, 0.6) is 0 Å². The molecule has 1 unspecified atom stereocenters. The number of imidazole rings is 1. The minimum Gasteiger partial charge on any atom is -0.337 e. The SMILES string of the molecule is CC(C)C(C)(C#N)NC(=O)CSc1nc2ccccc2n1-c1ccccc1. The Morgan fingerprint density at radius 2 is 1.89 bits per heavy atom. The summed E-state index contributed by atoms with van der Waals surface area (Å²) in [6.07, 6.45) is 0. The van der Waals surface area contributed by atoms with Crippen LogP contribution in [0, 0.1) is 17.2 Å². The van der Waals surface area contributed by atoms with Crippen LogP contribution in [0.15, 0.2) is 59.8 Å². The number of nitrogens with zero attached hydrogens (tertiary/aromatic N) is 3. The first-order valence-corrected chi connectivity index (χ1v) is 9.81. The number of hydrogen-bond donors (Lipinski definition) is 1. The number of carbonyl (C=O) groups excluding carboxylic acids is 1. The highest BCUT2D eigenvalue weighted by molar-refractivity contribution is 7.99. The van der Waals surface area contributed by atoms with Crippen LogP contribution >= 0.6 is 11.8 Å². The van der Waals surface area contributed by atoms with Crippen molar-refractivity contribution in [1.82, 2.24) is 14.9 Å². The van der Waals surface area contributed by atoms with Gasteiger partial charge in [0.2, 0.25) is 5.91 Å². The van der Waals surface area contributed by atoms with Gasteiger partial charge in [0.15, 0.2) is 5.16 Å². The Hall–Kier alpha value is -2.78. The van der Waals surface area contributed by atoms with Crippen molar-refractivity contribution in [3.63, 3.8) is 0 Å². The number of hydrogen-bond acceptors (Lipinski definition) is 4. The number of aromatic nitrogens is 2. The van der Waals surface area contributed by atoms with Crippen LogP contribution < -0.4 is 5.32 Å². The van der Waals surface area contributed by atoms with Crippen LogP contribution in [0.1, 0.15) is 20.8 Å². The second-order valence-corrected chi connectivity index (χ2v) is 7.80. The van der Waals surface area contributed by atoms with Crippen molar-refractivity contribution >= 4 is 28.7 Å². The quantitative estimate of drug-likeness (QED) is 0.654. The number of nitriles is 1. The van der Waals surface area contributed by atoms with Gasteiger partial charge in [-0.1, -0.05) is 55.9 Å². The van der Waals surface area contributed by atoms with E-state index < -0.39 is 5.54 Å². The summed E-state index contributed by atoms with van der Waals surface area (Å²) in [5, 5.41) is 13.0. The molecule has 0 spiro atoms. The van der Waals surface area contributed by atoms with Crippen LogP contribution in [-0.2, 0) is 4.79 Å². The molecule has 0 aliphatic rings. The van der Waals surface area contributed by atoms with E-state index in [0.717, 1.165) is 21.9 Å². The van der Waals surface area contributed by atoms with Gasteiger partial charge in [0.05, 0.1) is 22.9 Å². The molecule has 0 fully saturated rings. The zero-order chi connectivity index (χ0) is 19.4. The molecule has 5 nitrogen and oxygen atoms in total. The fourth-order valence-electron chi connectivity index (χ4n) is 2.68. The molecule has 0 aliphatic carbocycles. The van der Waals surface area contributed by atoms with Crippen molar-refractivity contribution in [1.29, 1.82) is 5.26 Å². The topological polar surface area (TPSA) is 70.7 Å². The zero-order valence-corrected chi connectivity index (χ0v) is 16.5. The fraction of sp³-hybridized carbons (Fsp3) is 0.286. The Labute approximate surface area is 163 Å². The van der Waals surface area contributed by atoms with Gasteiger partial charge in [-0.15, -0.1) is 0 Å². The van der Waals surface area contributed by atoms with Crippen molar-refractivity contribution in [3.8, 4) is 11.8 Å². The molecule has 2 aromatic carbocycles. The maximum Gasteiger partial charge on any atom is 0.231 e. The number of amides is 1. The highest BCUT2D eigenvalue weighted by atomic mass is 32.2. The van der Waals surface area contributed by atoms with Crippen molar-refractivity contribution in [3.05, 3.63) is 54.6 Å². The lowest BCUT2D eigenvalue weighted by atomic mass is 9.90. The van der Waals surface area contributed by atoms with E-state index in [1.807, 2.05) is 68.4 Å². The van der Waals surface area contributed by atoms with Crippen molar-refractivity contribution in [2.75, 3.05) is 5.75 Å². The second-order valence-electron chi connectivity index (χ2n) is 6.86. The first-order valence-electron chi connectivity index (χ1n) is 8.82. The van der Waals surface area contributed by atoms with E-state index in [0.29, 0.717) is 0 Å². The smallest absolute Gasteiger partial charge is 0.231 e. The van der Waals surface area contributed by atoms with Gasteiger partial charge in [-0.25, -0.2) is 4.98 Å². The lowest BCUT2D eigenvalue weighted by Gasteiger charge is -2.27. The minimum atomic E-state index is -0.878. The van der Waals surface area contributed by atoms with Gasteiger partial charge < -0.3 is 5.32 Å². The Morgan fingerprint density at radius 3 is 2.56 bits per heavy atom. The Morgan fingerprint density at radius 1 is 1.22 bits per heavy atom. The van der Waals surface area contributed by atoms with Crippen molar-refractivity contribution < 1.29 is 4.79 Å². The lowest BCUT2D eigenvalue weighted by Crippen LogP contribution is -2.49. The van der Waals surface area contributed by atoms with Gasteiger partial charge in [-0.05, 0) is 37.1 Å². The molecular weight excluding hydrogens is 356 g/mol. The first-order chi connectivity index (χ1) is 12.9. The zero-order valence-electron chi connectivity index (χ0n) is 15.6. The van der Waals surface area contributed by atoms with Crippen LogP contribution in [-0.4, -0.2) is 26.8 Å². The summed E-state index contributed by atoms with van der Waals surface area (Å²) in [5.74, 6) is 0.0370. The molecule has 1 amide bonds. The number of benzene rings is 2. The monoisotopic (exact) mass is 378 g/mol. The number of carbonyl (C=O) groups is 1. The molecule has 0 saturated heterocycles. The summed E-state index contributed by atoms with van der Waals surface area (Å²) in [4.78, 5) is 17.1. The average molecular weight is 379 g/mol. The molecule has 0 radical (unpaired) electrons. The molecule has 6 heteroatoms. The maximum absolute atomic E-state index is 12.4. The number of nitrogens with one attached hydrogen (secondary N) is 1. The van der Waals surface area contributed by atoms with Gasteiger partial charge in [0.1, 0.15) is 5.54 Å². The summed E-state index contributed by atoms with van der Waals surface area (Å²) in [6.45, 7) is 5.59. The standard InChI is InChI=1S/C21H22N4OS/c1-15(2)21(3,14-22)24-19(26)13-27-20-23-17-11-7-8-12-18(17)25(20)16-9-5-4-6-10-16/h4-12,15H,13H2,1-3H3,(H,24,26). The molecule has 3 aromatic rings. The van der Waals surface area contributed by atoms with Crippen LogP contribution in [0.4, 0.5) is 0 Å². The lowest BCUT2D eigenvalue weighted by molar-refractivity contribution is -0.120. The molecule has 0 bridgehead atoms. The van der Waals surface area contributed by atoms with Crippen LogP contribution in [0.25, 0.3) is 16.7 Å². The Bertz CT molecular complexity index is 990. The molecule has 1 aromatic heterocycles. The summed E-state index contributed by atoms with van der Waals surface area (Å²) in [6, 6.07) is 20.1. The highest BCUT2D eigenvalue weighted by Crippen LogP contribution is 2.28. The average Bonchev–Trinajstić information content (AvgIpc) is 3.05. The van der Waals surface area contributed by atoms with Gasteiger partial charge >= 0.3 is 0 Å². The van der Waals surface area contributed by atoms with Gasteiger partial charge in [0, 0.05) is 5.69 Å². The third-order valence-corrected chi connectivity index (χ3v) is 5.60. The Balaban J connectivity index is 1.86. The van der Waals surface area contributed by atoms with E-state index in [-0.39, 0.29) is 17.6 Å².